The van der Waals surface area contributed by atoms with E-state index in [0.717, 1.165) is 22.2 Å². The quantitative estimate of drug-likeness (QED) is 0.729. The van der Waals surface area contributed by atoms with Gasteiger partial charge < -0.3 is 10.3 Å². The van der Waals surface area contributed by atoms with Crippen LogP contribution in [0.2, 0.25) is 0 Å². The van der Waals surface area contributed by atoms with Crippen molar-refractivity contribution < 1.29 is 4.79 Å². The molecule has 0 saturated carbocycles. The van der Waals surface area contributed by atoms with Gasteiger partial charge >= 0.3 is 0 Å². The highest BCUT2D eigenvalue weighted by atomic mass is 32.1. The number of fused-ring (bicyclic) bond motifs is 1. The number of anilines is 1. The number of aromatic amines is 1. The maximum Gasteiger partial charge on any atom is 0.256 e. The Labute approximate surface area is 139 Å². The summed E-state index contributed by atoms with van der Waals surface area (Å²) in [4.78, 5) is 17.6. The predicted octanol–water partition coefficient (Wildman–Crippen LogP) is 3.00. The fourth-order valence-corrected chi connectivity index (χ4v) is 3.35. The molecule has 2 heterocycles. The van der Waals surface area contributed by atoms with Gasteiger partial charge in [-0.25, -0.2) is 0 Å². The minimum atomic E-state index is -0.332. The van der Waals surface area contributed by atoms with E-state index in [2.05, 4.69) is 16.4 Å². The van der Waals surface area contributed by atoms with Gasteiger partial charge in [-0.15, -0.1) is 0 Å². The Balaban J connectivity index is 1.61. The lowest BCUT2D eigenvalue weighted by Crippen LogP contribution is -2.32. The minimum Gasteiger partial charge on any atom is -0.361 e. The number of hydrogen-bond acceptors (Lipinski definition) is 2. The van der Waals surface area contributed by atoms with Gasteiger partial charge in [0.2, 0.25) is 0 Å². The van der Waals surface area contributed by atoms with Crippen LogP contribution >= 0.6 is 12.2 Å². The van der Waals surface area contributed by atoms with E-state index in [1.807, 2.05) is 54.7 Å². The van der Waals surface area contributed by atoms with E-state index < -0.39 is 0 Å². The molecule has 4 nitrogen and oxygen atoms in total. The molecule has 5 heteroatoms. The molecular formula is C18H15N3OS. The number of hydrogen-bond donors (Lipinski definition) is 2. The van der Waals surface area contributed by atoms with Crippen molar-refractivity contribution in [3.05, 3.63) is 66.4 Å². The molecule has 23 heavy (non-hydrogen) atoms. The number of nitrogens with zero attached hydrogens (tertiary/aromatic N) is 1. The monoisotopic (exact) mass is 321 g/mol. The second-order valence-electron chi connectivity index (χ2n) is 5.57. The first-order chi connectivity index (χ1) is 11.2. The van der Waals surface area contributed by atoms with Crippen molar-refractivity contribution in [2.45, 2.75) is 12.5 Å². The van der Waals surface area contributed by atoms with Crippen LogP contribution in [0, 0.1) is 0 Å². The Morgan fingerprint density at radius 3 is 2.61 bits per heavy atom. The SMILES string of the molecule is O=C1C(Cc2c[nH]c3ccccc23)NC(=S)N1c1ccccc1. The number of aromatic nitrogens is 1. The first kappa shape index (κ1) is 14.0. The number of para-hydroxylation sites is 2. The number of carbonyl (C=O) groups excluding carboxylic acids is 1. The van der Waals surface area contributed by atoms with Crippen molar-refractivity contribution in [2.75, 3.05) is 4.90 Å². The molecule has 2 aromatic carbocycles. The van der Waals surface area contributed by atoms with Crippen molar-refractivity contribution >= 4 is 39.8 Å². The van der Waals surface area contributed by atoms with Crippen molar-refractivity contribution in [3.8, 4) is 0 Å². The lowest BCUT2D eigenvalue weighted by atomic mass is 10.0. The Morgan fingerprint density at radius 1 is 1.04 bits per heavy atom. The summed E-state index contributed by atoms with van der Waals surface area (Å²) in [6, 6.07) is 17.3. The zero-order valence-electron chi connectivity index (χ0n) is 12.3. The summed E-state index contributed by atoms with van der Waals surface area (Å²) >= 11 is 5.35. The average molecular weight is 321 g/mol. The summed E-state index contributed by atoms with van der Waals surface area (Å²) in [5.74, 6) is -0.00789. The summed E-state index contributed by atoms with van der Waals surface area (Å²) in [5.41, 5.74) is 3.00. The summed E-state index contributed by atoms with van der Waals surface area (Å²) < 4.78 is 0. The second kappa shape index (κ2) is 5.52. The number of amides is 1. The van der Waals surface area contributed by atoms with Crippen LogP contribution in [-0.4, -0.2) is 22.0 Å². The fourth-order valence-electron chi connectivity index (χ4n) is 3.01. The maximum atomic E-state index is 12.7. The van der Waals surface area contributed by atoms with Crippen molar-refractivity contribution in [1.29, 1.82) is 0 Å². The van der Waals surface area contributed by atoms with Crippen LogP contribution in [0.5, 0.6) is 0 Å². The van der Waals surface area contributed by atoms with Gasteiger partial charge in [-0.3, -0.25) is 9.69 Å². The molecule has 2 N–H and O–H groups in total. The predicted molar refractivity (Wildman–Crippen MR) is 95.5 cm³/mol. The number of rotatable bonds is 3. The third-order valence-electron chi connectivity index (χ3n) is 4.13. The van der Waals surface area contributed by atoms with Gasteiger partial charge in [0.05, 0.1) is 5.69 Å². The van der Waals surface area contributed by atoms with E-state index in [0.29, 0.717) is 11.5 Å². The van der Waals surface area contributed by atoms with Crippen molar-refractivity contribution in [3.63, 3.8) is 0 Å². The number of nitrogens with one attached hydrogen (secondary N) is 2. The van der Waals surface area contributed by atoms with Crippen LogP contribution in [0.1, 0.15) is 5.56 Å². The number of thiocarbonyl (C=S) groups is 1. The van der Waals surface area contributed by atoms with Gasteiger partial charge in [-0.05, 0) is 36.0 Å². The third-order valence-corrected chi connectivity index (χ3v) is 4.43. The molecule has 0 radical (unpaired) electrons. The fraction of sp³-hybridized carbons (Fsp3) is 0.111. The van der Waals surface area contributed by atoms with E-state index in [-0.39, 0.29) is 11.9 Å². The molecule has 1 fully saturated rings. The highest BCUT2D eigenvalue weighted by Gasteiger charge is 2.36. The van der Waals surface area contributed by atoms with E-state index in [1.54, 1.807) is 4.90 Å². The molecular weight excluding hydrogens is 306 g/mol. The van der Waals surface area contributed by atoms with Gasteiger partial charge in [0.1, 0.15) is 6.04 Å². The van der Waals surface area contributed by atoms with Gasteiger partial charge in [0.15, 0.2) is 5.11 Å². The minimum absolute atomic E-state index is 0.00789. The van der Waals surface area contributed by atoms with Crippen LogP contribution < -0.4 is 10.2 Å². The average Bonchev–Trinajstić information content (AvgIpc) is 3.10. The Morgan fingerprint density at radius 2 is 1.78 bits per heavy atom. The lowest BCUT2D eigenvalue weighted by Gasteiger charge is -2.14. The largest absolute Gasteiger partial charge is 0.361 e. The van der Waals surface area contributed by atoms with Gasteiger partial charge in [0, 0.05) is 23.5 Å². The van der Waals surface area contributed by atoms with Gasteiger partial charge in [-0.2, -0.15) is 0 Å². The third kappa shape index (κ3) is 2.39. The van der Waals surface area contributed by atoms with Gasteiger partial charge in [-0.1, -0.05) is 36.4 Å². The molecule has 1 saturated heterocycles. The Hall–Kier alpha value is -2.66. The van der Waals surface area contributed by atoms with E-state index in [9.17, 15) is 4.79 Å². The van der Waals surface area contributed by atoms with Crippen molar-refractivity contribution in [1.82, 2.24) is 10.3 Å². The molecule has 1 aliphatic rings. The zero-order valence-corrected chi connectivity index (χ0v) is 13.1. The zero-order chi connectivity index (χ0) is 15.8. The topological polar surface area (TPSA) is 48.1 Å². The number of benzene rings is 2. The maximum absolute atomic E-state index is 12.7. The normalized spacial score (nSPS) is 17.7. The summed E-state index contributed by atoms with van der Waals surface area (Å²) in [7, 11) is 0. The highest BCUT2D eigenvalue weighted by Crippen LogP contribution is 2.24. The number of carbonyl (C=O) groups is 1. The summed E-state index contributed by atoms with van der Waals surface area (Å²) in [5, 5.41) is 4.76. The van der Waals surface area contributed by atoms with Crippen LogP contribution in [-0.2, 0) is 11.2 Å². The molecule has 4 rings (SSSR count). The van der Waals surface area contributed by atoms with Crippen LogP contribution in [0.3, 0.4) is 0 Å². The Kier molecular flexibility index (Phi) is 3.35. The van der Waals surface area contributed by atoms with E-state index in [4.69, 9.17) is 12.2 Å². The first-order valence-corrected chi connectivity index (χ1v) is 7.89. The molecule has 0 spiro atoms. The molecule has 1 aromatic heterocycles. The highest BCUT2D eigenvalue weighted by molar-refractivity contribution is 7.80. The summed E-state index contributed by atoms with van der Waals surface area (Å²) in [6.45, 7) is 0. The molecule has 114 valence electrons. The van der Waals surface area contributed by atoms with Crippen LogP contribution in [0.15, 0.2) is 60.8 Å². The molecule has 0 bridgehead atoms. The smallest absolute Gasteiger partial charge is 0.256 e. The van der Waals surface area contributed by atoms with E-state index >= 15 is 0 Å². The van der Waals surface area contributed by atoms with Gasteiger partial charge in [0.25, 0.3) is 5.91 Å². The Bertz CT molecular complexity index is 887. The van der Waals surface area contributed by atoms with E-state index in [1.165, 1.54) is 0 Å². The molecule has 1 unspecified atom stereocenters. The standard InChI is InChI=1S/C18H15N3OS/c22-17-16(10-12-11-19-15-9-5-4-8-14(12)15)20-18(23)21(17)13-6-2-1-3-7-13/h1-9,11,16,19H,10H2,(H,20,23). The molecule has 3 aromatic rings. The molecule has 1 amide bonds. The lowest BCUT2D eigenvalue weighted by molar-refractivity contribution is -0.118. The van der Waals surface area contributed by atoms with Crippen molar-refractivity contribution in [2.24, 2.45) is 0 Å². The molecule has 1 atom stereocenters. The molecule has 1 aliphatic heterocycles. The second-order valence-corrected chi connectivity index (χ2v) is 5.96. The van der Waals surface area contributed by atoms with Crippen LogP contribution in [0.4, 0.5) is 5.69 Å². The summed E-state index contributed by atoms with van der Waals surface area (Å²) in [6.07, 6.45) is 2.57. The van der Waals surface area contributed by atoms with Crippen LogP contribution in [0.25, 0.3) is 10.9 Å². The number of H-pyrrole nitrogens is 1. The molecule has 0 aliphatic carbocycles. The first-order valence-electron chi connectivity index (χ1n) is 7.48.